The van der Waals surface area contributed by atoms with Crippen LogP contribution >= 0.6 is 0 Å². The summed E-state index contributed by atoms with van der Waals surface area (Å²) in [5, 5.41) is 2.10. The number of carbonyl (C=O) groups is 1. The molecule has 0 bridgehead atoms. The van der Waals surface area contributed by atoms with Crippen molar-refractivity contribution < 1.29 is 31.1 Å². The Morgan fingerprint density at radius 1 is 1.00 bits per heavy atom. The molecule has 1 amide bonds. The third-order valence-corrected chi connectivity index (χ3v) is 2.43. The van der Waals surface area contributed by atoms with Gasteiger partial charge in [-0.15, -0.1) is 0 Å². The maximum absolute atomic E-state index is 12.5. The van der Waals surface area contributed by atoms with Crippen molar-refractivity contribution in [3.63, 3.8) is 0 Å². The summed E-state index contributed by atoms with van der Waals surface area (Å²) < 4.78 is 75.2. The standard InChI is InChI=1S/C11H9F6NO/c1-6(18-5-19)7-2-8(10(12,13)14)4-9(3-7)11(15,16)17/h2-6H,1H3,(H,18,19). The van der Waals surface area contributed by atoms with Crippen LogP contribution in [-0.4, -0.2) is 6.41 Å². The zero-order chi connectivity index (χ0) is 14.8. The first-order valence-electron chi connectivity index (χ1n) is 5.05. The zero-order valence-corrected chi connectivity index (χ0v) is 9.56. The smallest absolute Gasteiger partial charge is 0.352 e. The molecule has 0 radical (unpaired) electrons. The molecule has 1 atom stereocenters. The number of amides is 1. The van der Waals surface area contributed by atoms with E-state index in [1.54, 1.807) is 0 Å². The zero-order valence-electron chi connectivity index (χ0n) is 9.56. The minimum Gasteiger partial charge on any atom is -0.352 e. The predicted molar refractivity (Wildman–Crippen MR) is 54.1 cm³/mol. The van der Waals surface area contributed by atoms with Gasteiger partial charge in [0.15, 0.2) is 0 Å². The highest BCUT2D eigenvalue weighted by Crippen LogP contribution is 2.37. The molecular formula is C11H9F6NO. The molecule has 0 saturated carbocycles. The highest BCUT2D eigenvalue weighted by atomic mass is 19.4. The minimum absolute atomic E-state index is 0.0388. The maximum atomic E-state index is 12.5. The molecule has 1 unspecified atom stereocenters. The highest BCUT2D eigenvalue weighted by molar-refractivity contribution is 5.48. The summed E-state index contributed by atoms with van der Waals surface area (Å²) >= 11 is 0. The highest BCUT2D eigenvalue weighted by Gasteiger charge is 2.37. The molecule has 0 aliphatic rings. The van der Waals surface area contributed by atoms with Gasteiger partial charge in [-0.25, -0.2) is 0 Å². The molecule has 2 nitrogen and oxygen atoms in total. The molecule has 1 aromatic rings. The normalized spacial score (nSPS) is 14.1. The first-order valence-corrected chi connectivity index (χ1v) is 5.05. The molecule has 0 saturated heterocycles. The summed E-state index contributed by atoms with van der Waals surface area (Å²) in [4.78, 5) is 10.2. The van der Waals surface area contributed by atoms with Crippen molar-refractivity contribution >= 4 is 6.41 Å². The van der Waals surface area contributed by atoms with E-state index in [1.165, 1.54) is 6.92 Å². The van der Waals surface area contributed by atoms with Crippen molar-refractivity contribution in [2.24, 2.45) is 0 Å². The molecule has 0 heterocycles. The lowest BCUT2D eigenvalue weighted by Crippen LogP contribution is -2.19. The van der Waals surface area contributed by atoms with Gasteiger partial charge in [0, 0.05) is 0 Å². The van der Waals surface area contributed by atoms with E-state index in [0.717, 1.165) is 0 Å². The van der Waals surface area contributed by atoms with E-state index >= 15 is 0 Å². The lowest BCUT2D eigenvalue weighted by Gasteiger charge is -2.17. The van der Waals surface area contributed by atoms with Crippen molar-refractivity contribution in [2.45, 2.75) is 25.3 Å². The second kappa shape index (κ2) is 5.10. The average Bonchev–Trinajstić information content (AvgIpc) is 2.26. The molecule has 1 N–H and O–H groups in total. The van der Waals surface area contributed by atoms with Gasteiger partial charge in [-0.1, -0.05) is 0 Å². The largest absolute Gasteiger partial charge is 0.416 e. The van der Waals surface area contributed by atoms with E-state index in [9.17, 15) is 31.1 Å². The Hall–Kier alpha value is -1.73. The summed E-state index contributed by atoms with van der Waals surface area (Å²) in [6, 6.07) is 0.241. The van der Waals surface area contributed by atoms with Gasteiger partial charge in [-0.3, -0.25) is 4.79 Å². The van der Waals surface area contributed by atoms with Crippen LogP contribution in [0.15, 0.2) is 18.2 Å². The Bertz CT molecular complexity index is 433. The number of halogens is 6. The number of hydrogen-bond donors (Lipinski definition) is 1. The van der Waals surface area contributed by atoms with Gasteiger partial charge < -0.3 is 5.32 Å². The van der Waals surface area contributed by atoms with Gasteiger partial charge in [0.2, 0.25) is 6.41 Å². The Morgan fingerprint density at radius 2 is 1.42 bits per heavy atom. The fraction of sp³-hybridized carbons (Fsp3) is 0.364. The molecule has 106 valence electrons. The monoisotopic (exact) mass is 285 g/mol. The topological polar surface area (TPSA) is 29.1 Å². The first kappa shape index (κ1) is 15.3. The number of nitrogens with one attached hydrogen (secondary N) is 1. The van der Waals surface area contributed by atoms with Gasteiger partial charge in [0.25, 0.3) is 0 Å². The summed E-state index contributed by atoms with van der Waals surface area (Å²) in [6.45, 7) is 1.28. The fourth-order valence-electron chi connectivity index (χ4n) is 1.43. The van der Waals surface area contributed by atoms with E-state index in [2.05, 4.69) is 5.32 Å². The second-order valence-corrected chi connectivity index (χ2v) is 3.85. The van der Waals surface area contributed by atoms with Crippen LogP contribution < -0.4 is 5.32 Å². The molecule has 1 aromatic carbocycles. The number of rotatable bonds is 3. The third-order valence-electron chi connectivity index (χ3n) is 2.43. The minimum atomic E-state index is -4.89. The SMILES string of the molecule is CC(NC=O)c1cc(C(F)(F)F)cc(C(F)(F)F)c1. The second-order valence-electron chi connectivity index (χ2n) is 3.85. The van der Waals surface area contributed by atoms with Gasteiger partial charge in [-0.05, 0) is 30.7 Å². The van der Waals surface area contributed by atoms with Gasteiger partial charge in [0.1, 0.15) is 0 Å². The van der Waals surface area contributed by atoms with Gasteiger partial charge >= 0.3 is 12.4 Å². The Labute approximate surface area is 104 Å². The molecule has 0 spiro atoms. The number of benzene rings is 1. The van der Waals surface area contributed by atoms with Crippen molar-refractivity contribution in [3.05, 3.63) is 34.9 Å². The first-order chi connectivity index (χ1) is 8.55. The molecule has 0 aliphatic carbocycles. The maximum Gasteiger partial charge on any atom is 0.416 e. The molecule has 0 aliphatic heterocycles. The van der Waals surface area contributed by atoms with Crippen molar-refractivity contribution in [1.29, 1.82) is 0 Å². The van der Waals surface area contributed by atoms with Crippen molar-refractivity contribution in [1.82, 2.24) is 5.32 Å². The van der Waals surface area contributed by atoms with Crippen LogP contribution in [0.25, 0.3) is 0 Å². The molecule has 1 rings (SSSR count). The van der Waals surface area contributed by atoms with E-state index in [1.807, 2.05) is 0 Å². The van der Waals surface area contributed by atoms with E-state index in [0.29, 0.717) is 12.1 Å². The number of carbonyl (C=O) groups excluding carboxylic acids is 1. The van der Waals surface area contributed by atoms with Crippen molar-refractivity contribution in [2.75, 3.05) is 0 Å². The van der Waals surface area contributed by atoms with Crippen molar-refractivity contribution in [3.8, 4) is 0 Å². The molecule has 19 heavy (non-hydrogen) atoms. The Balaban J connectivity index is 3.36. The van der Waals surface area contributed by atoms with Gasteiger partial charge in [0.05, 0.1) is 17.2 Å². The average molecular weight is 285 g/mol. The summed E-state index contributed by atoms with van der Waals surface area (Å²) in [5.74, 6) is 0. The van der Waals surface area contributed by atoms with E-state index < -0.39 is 29.5 Å². The quantitative estimate of drug-likeness (QED) is 0.668. The summed E-state index contributed by atoms with van der Waals surface area (Å²) in [7, 11) is 0. The lowest BCUT2D eigenvalue weighted by molar-refractivity contribution is -0.143. The van der Waals surface area contributed by atoms with E-state index in [4.69, 9.17) is 0 Å². The van der Waals surface area contributed by atoms with Crippen LogP contribution in [0, 0.1) is 0 Å². The Kier molecular flexibility index (Phi) is 4.12. The van der Waals surface area contributed by atoms with Gasteiger partial charge in [-0.2, -0.15) is 26.3 Å². The fourth-order valence-corrected chi connectivity index (χ4v) is 1.43. The third kappa shape index (κ3) is 3.87. The predicted octanol–water partition coefficient (Wildman–Crippen LogP) is 3.53. The van der Waals surface area contributed by atoms with Crippen LogP contribution in [0.1, 0.15) is 29.7 Å². The van der Waals surface area contributed by atoms with Crippen LogP contribution in [0.3, 0.4) is 0 Å². The molecular weight excluding hydrogens is 276 g/mol. The lowest BCUT2D eigenvalue weighted by atomic mass is 10.0. The van der Waals surface area contributed by atoms with Crippen LogP contribution in [0.2, 0.25) is 0 Å². The number of hydrogen-bond acceptors (Lipinski definition) is 1. The van der Waals surface area contributed by atoms with Crippen LogP contribution in [-0.2, 0) is 17.1 Å². The molecule has 0 fully saturated rings. The summed E-state index contributed by atoms with van der Waals surface area (Å²) in [5.41, 5.74) is -3.08. The Morgan fingerprint density at radius 3 is 1.74 bits per heavy atom. The van der Waals surface area contributed by atoms with Crippen LogP contribution in [0.4, 0.5) is 26.3 Å². The summed E-state index contributed by atoms with van der Waals surface area (Å²) in [6.07, 6.45) is -9.58. The number of alkyl halides is 6. The van der Waals surface area contributed by atoms with Crippen LogP contribution in [0.5, 0.6) is 0 Å². The van der Waals surface area contributed by atoms with E-state index in [-0.39, 0.29) is 18.0 Å². The molecule has 8 heteroatoms. The molecule has 0 aromatic heterocycles.